The van der Waals surface area contributed by atoms with Crippen molar-refractivity contribution in [2.45, 2.75) is 19.8 Å². The predicted molar refractivity (Wildman–Crippen MR) is 110 cm³/mol. The van der Waals surface area contributed by atoms with E-state index in [4.69, 9.17) is 4.74 Å². The van der Waals surface area contributed by atoms with Gasteiger partial charge in [-0.25, -0.2) is 4.98 Å². The number of allylic oxidation sites excluding steroid dienone is 1. The van der Waals surface area contributed by atoms with Crippen molar-refractivity contribution in [2.75, 3.05) is 6.61 Å². The number of hydrogen-bond donors (Lipinski definition) is 0. The zero-order chi connectivity index (χ0) is 19.5. The Morgan fingerprint density at radius 3 is 2.68 bits per heavy atom. The second-order valence-corrected chi connectivity index (χ2v) is 7.46. The fourth-order valence-electron chi connectivity index (χ4n) is 3.40. The van der Waals surface area contributed by atoms with Crippen molar-refractivity contribution in [2.24, 2.45) is 0 Å². The van der Waals surface area contributed by atoms with Crippen molar-refractivity contribution in [3.05, 3.63) is 86.9 Å². The summed E-state index contributed by atoms with van der Waals surface area (Å²) in [6, 6.07) is 17.9. The molecule has 5 heteroatoms. The van der Waals surface area contributed by atoms with Crippen molar-refractivity contribution in [3.8, 4) is 11.8 Å². The van der Waals surface area contributed by atoms with Crippen LogP contribution in [0.2, 0.25) is 0 Å². The van der Waals surface area contributed by atoms with Crippen LogP contribution in [0.4, 0.5) is 0 Å². The first-order valence-corrected chi connectivity index (χ1v) is 9.97. The van der Waals surface area contributed by atoms with E-state index in [1.165, 1.54) is 16.9 Å². The van der Waals surface area contributed by atoms with Gasteiger partial charge in [0.2, 0.25) is 5.78 Å². The SMILES string of the molecule is Cc1ncsc1C1=C(C#N)C(=O)c2cc(OCCCc3ccccc3)ccc21. The Hall–Kier alpha value is -3.23. The van der Waals surface area contributed by atoms with Crippen LogP contribution in [-0.2, 0) is 6.42 Å². The van der Waals surface area contributed by atoms with Crippen molar-refractivity contribution >= 4 is 22.7 Å². The molecule has 0 amide bonds. The standard InChI is InChI=1S/C23H18N2O2S/c1-15-23(28-14-25-15)21-18-10-9-17(12-19(18)22(26)20(21)13-24)27-11-5-8-16-6-3-2-4-7-16/h2-4,6-7,9-10,12,14H,5,8,11H2,1H3. The predicted octanol–water partition coefficient (Wildman–Crippen LogP) is 4.98. The number of Topliss-reactive ketones (excluding diaryl/α,β-unsaturated/α-hetero) is 1. The molecule has 0 unspecified atom stereocenters. The highest BCUT2D eigenvalue weighted by atomic mass is 32.1. The van der Waals surface area contributed by atoms with E-state index in [1.807, 2.05) is 37.3 Å². The Balaban J connectivity index is 1.51. The Labute approximate surface area is 167 Å². The maximum Gasteiger partial charge on any atom is 0.204 e. The first-order chi connectivity index (χ1) is 13.7. The Morgan fingerprint density at radius 2 is 1.96 bits per heavy atom. The molecule has 1 aromatic heterocycles. The fraction of sp³-hybridized carbons (Fsp3) is 0.174. The molecule has 0 radical (unpaired) electrons. The molecule has 4 rings (SSSR count). The zero-order valence-electron chi connectivity index (χ0n) is 15.4. The number of aryl methyl sites for hydroxylation is 2. The quantitative estimate of drug-likeness (QED) is 0.560. The molecule has 0 spiro atoms. The van der Waals surface area contributed by atoms with Crippen LogP contribution in [0.3, 0.4) is 0 Å². The molecular weight excluding hydrogens is 368 g/mol. The van der Waals surface area contributed by atoms with Gasteiger partial charge in [0.25, 0.3) is 0 Å². The van der Waals surface area contributed by atoms with E-state index in [1.54, 1.807) is 11.6 Å². The number of aromatic nitrogens is 1. The van der Waals surface area contributed by atoms with Gasteiger partial charge in [0.05, 0.1) is 22.7 Å². The summed E-state index contributed by atoms with van der Waals surface area (Å²) in [6.45, 7) is 2.46. The van der Waals surface area contributed by atoms with Crippen LogP contribution in [0.15, 0.2) is 59.6 Å². The van der Waals surface area contributed by atoms with Crippen molar-refractivity contribution in [1.82, 2.24) is 4.98 Å². The van der Waals surface area contributed by atoms with Crippen LogP contribution in [0.5, 0.6) is 5.75 Å². The normalized spacial score (nSPS) is 12.8. The molecule has 0 fully saturated rings. The summed E-state index contributed by atoms with van der Waals surface area (Å²) in [5, 5.41) is 9.54. The van der Waals surface area contributed by atoms with E-state index in [9.17, 15) is 10.1 Å². The third kappa shape index (κ3) is 3.35. The van der Waals surface area contributed by atoms with Crippen LogP contribution < -0.4 is 4.74 Å². The van der Waals surface area contributed by atoms with Crippen molar-refractivity contribution in [1.29, 1.82) is 5.26 Å². The summed E-state index contributed by atoms with van der Waals surface area (Å²) in [5.74, 6) is 0.412. The maximum absolute atomic E-state index is 12.8. The van der Waals surface area contributed by atoms with E-state index < -0.39 is 0 Å². The third-order valence-corrected chi connectivity index (χ3v) is 5.73. The Bertz CT molecular complexity index is 1110. The number of fused-ring (bicyclic) bond motifs is 1. The minimum atomic E-state index is -0.241. The minimum absolute atomic E-state index is 0.184. The first-order valence-electron chi connectivity index (χ1n) is 9.09. The molecule has 0 saturated carbocycles. The van der Waals surface area contributed by atoms with Crippen LogP contribution in [0.1, 0.15) is 38.5 Å². The number of rotatable bonds is 6. The van der Waals surface area contributed by atoms with Crippen LogP contribution in [-0.4, -0.2) is 17.4 Å². The second kappa shape index (κ2) is 7.79. The van der Waals surface area contributed by atoms with Gasteiger partial charge in [-0.2, -0.15) is 5.26 Å². The first kappa shape index (κ1) is 18.1. The van der Waals surface area contributed by atoms with Gasteiger partial charge in [-0.15, -0.1) is 11.3 Å². The van der Waals surface area contributed by atoms with Gasteiger partial charge in [-0.3, -0.25) is 4.79 Å². The average molecular weight is 386 g/mol. The zero-order valence-corrected chi connectivity index (χ0v) is 16.3. The van der Waals surface area contributed by atoms with E-state index in [-0.39, 0.29) is 11.4 Å². The number of hydrogen-bond acceptors (Lipinski definition) is 5. The van der Waals surface area contributed by atoms with Gasteiger partial charge in [0.1, 0.15) is 17.4 Å². The van der Waals surface area contributed by atoms with Gasteiger partial charge >= 0.3 is 0 Å². The average Bonchev–Trinajstić information content (AvgIpc) is 3.26. The number of ether oxygens (including phenoxy) is 1. The molecule has 28 heavy (non-hydrogen) atoms. The molecule has 0 aliphatic heterocycles. The molecule has 0 N–H and O–H groups in total. The van der Waals surface area contributed by atoms with E-state index >= 15 is 0 Å². The monoisotopic (exact) mass is 386 g/mol. The number of ketones is 1. The number of thiazole rings is 1. The van der Waals surface area contributed by atoms with E-state index in [0.29, 0.717) is 23.5 Å². The second-order valence-electron chi connectivity index (χ2n) is 6.60. The molecule has 1 aliphatic rings. The molecule has 0 saturated heterocycles. The molecule has 0 bridgehead atoms. The lowest BCUT2D eigenvalue weighted by molar-refractivity contribution is 0.104. The fourth-order valence-corrected chi connectivity index (χ4v) is 4.27. The molecule has 1 heterocycles. The molecule has 4 nitrogen and oxygen atoms in total. The minimum Gasteiger partial charge on any atom is -0.494 e. The van der Waals surface area contributed by atoms with Gasteiger partial charge in [0.15, 0.2) is 0 Å². The van der Waals surface area contributed by atoms with Gasteiger partial charge < -0.3 is 4.74 Å². The van der Waals surface area contributed by atoms with Gasteiger partial charge in [-0.1, -0.05) is 30.3 Å². The van der Waals surface area contributed by atoms with Gasteiger partial charge in [0, 0.05) is 11.1 Å². The molecular formula is C23H18N2O2S. The van der Waals surface area contributed by atoms with Crippen molar-refractivity contribution in [3.63, 3.8) is 0 Å². The topological polar surface area (TPSA) is 63.0 Å². The summed E-state index contributed by atoms with van der Waals surface area (Å²) in [4.78, 5) is 17.9. The van der Waals surface area contributed by atoms with Crippen molar-refractivity contribution < 1.29 is 9.53 Å². The lowest BCUT2D eigenvalue weighted by Crippen LogP contribution is -2.02. The molecule has 138 valence electrons. The van der Waals surface area contributed by atoms with Crippen LogP contribution >= 0.6 is 11.3 Å². The number of benzene rings is 2. The summed E-state index contributed by atoms with van der Waals surface area (Å²) in [5.41, 5.74) is 6.03. The molecule has 1 aliphatic carbocycles. The highest BCUT2D eigenvalue weighted by molar-refractivity contribution is 7.11. The number of nitriles is 1. The summed E-state index contributed by atoms with van der Waals surface area (Å²) < 4.78 is 5.86. The number of nitrogens with zero attached hydrogens (tertiary/aromatic N) is 2. The maximum atomic E-state index is 12.8. The molecule has 2 aromatic carbocycles. The lowest BCUT2D eigenvalue weighted by atomic mass is 10.0. The lowest BCUT2D eigenvalue weighted by Gasteiger charge is -2.09. The smallest absolute Gasteiger partial charge is 0.204 e. The third-order valence-electron chi connectivity index (χ3n) is 4.79. The number of carbonyl (C=O) groups excluding carboxylic acids is 1. The highest BCUT2D eigenvalue weighted by Crippen LogP contribution is 2.41. The highest BCUT2D eigenvalue weighted by Gasteiger charge is 2.32. The van der Waals surface area contributed by atoms with Crippen LogP contribution in [0, 0.1) is 18.3 Å². The Morgan fingerprint density at radius 1 is 1.14 bits per heavy atom. The summed E-state index contributed by atoms with van der Waals surface area (Å²) in [6.07, 6.45) is 1.84. The number of carbonyl (C=O) groups is 1. The summed E-state index contributed by atoms with van der Waals surface area (Å²) in [7, 11) is 0. The van der Waals surface area contributed by atoms with Crippen LogP contribution in [0.25, 0.3) is 5.57 Å². The Kier molecular flexibility index (Phi) is 5.05. The largest absolute Gasteiger partial charge is 0.494 e. The molecule has 3 aromatic rings. The van der Waals surface area contributed by atoms with E-state index in [0.717, 1.165) is 29.0 Å². The van der Waals surface area contributed by atoms with Gasteiger partial charge in [-0.05, 0) is 49.1 Å². The van der Waals surface area contributed by atoms with E-state index in [2.05, 4.69) is 23.2 Å². The summed E-state index contributed by atoms with van der Waals surface area (Å²) >= 11 is 1.45. The molecule has 0 atom stereocenters.